The number of benzodiazepines with no additional fused rings is 1. The molecule has 3 fully saturated rings. The Morgan fingerprint density at radius 2 is 1.67 bits per heavy atom. The standard InChI is InChI=1S/C30H37N5O4/c1-20-24-10-7-11-25(33(2)3)27(24)35(18-26(36)34-16-21-12-13-22(17-34)15-14-21)29(37)28(31-20)32-30(38)39-19-23-8-5-4-6-9-23/h4-11,21-22,28H,12-19H2,1-3H3,(H,32,38)/t21?,22?,28-/m1/s1. The van der Waals surface area contributed by atoms with Crippen molar-refractivity contribution in [2.75, 3.05) is 43.5 Å². The quantitative estimate of drug-likeness (QED) is 0.612. The molecule has 206 valence electrons. The van der Waals surface area contributed by atoms with Gasteiger partial charge in [-0.05, 0) is 56.1 Å². The number of benzene rings is 2. The van der Waals surface area contributed by atoms with Crippen LogP contribution in [0.2, 0.25) is 0 Å². The Balaban J connectivity index is 1.41. The Morgan fingerprint density at radius 1 is 1.00 bits per heavy atom. The maximum atomic E-state index is 14.0. The van der Waals surface area contributed by atoms with E-state index in [2.05, 4.69) is 10.3 Å². The van der Waals surface area contributed by atoms with Crippen LogP contribution in [0.5, 0.6) is 0 Å². The number of amides is 3. The molecule has 1 N–H and O–H groups in total. The molecule has 1 atom stereocenters. The van der Waals surface area contributed by atoms with Crippen LogP contribution in [-0.4, -0.2) is 68.4 Å². The van der Waals surface area contributed by atoms with Crippen LogP contribution >= 0.6 is 0 Å². The molecule has 3 amide bonds. The third-order valence-electron chi connectivity index (χ3n) is 8.02. The van der Waals surface area contributed by atoms with E-state index in [4.69, 9.17) is 4.74 Å². The molecule has 1 saturated carbocycles. The number of carbonyl (C=O) groups excluding carboxylic acids is 3. The molecule has 0 spiro atoms. The number of nitrogens with zero attached hydrogens (tertiary/aromatic N) is 4. The topological polar surface area (TPSA) is 94.5 Å². The number of carbonyl (C=O) groups is 3. The number of hydrogen-bond acceptors (Lipinski definition) is 6. The van der Waals surface area contributed by atoms with Crippen molar-refractivity contribution in [3.8, 4) is 0 Å². The van der Waals surface area contributed by atoms with Gasteiger partial charge in [0.2, 0.25) is 12.1 Å². The van der Waals surface area contributed by atoms with E-state index < -0.39 is 18.2 Å². The molecular weight excluding hydrogens is 494 g/mol. The predicted octanol–water partition coefficient (Wildman–Crippen LogP) is 3.81. The summed E-state index contributed by atoms with van der Waals surface area (Å²) in [6.07, 6.45) is 2.68. The van der Waals surface area contributed by atoms with Crippen molar-refractivity contribution in [3.63, 3.8) is 0 Å². The van der Waals surface area contributed by atoms with Crippen molar-refractivity contribution in [3.05, 3.63) is 59.7 Å². The van der Waals surface area contributed by atoms with Gasteiger partial charge in [0.15, 0.2) is 0 Å². The van der Waals surface area contributed by atoms with Crippen LogP contribution < -0.4 is 15.1 Å². The van der Waals surface area contributed by atoms with E-state index in [-0.39, 0.29) is 19.1 Å². The summed E-state index contributed by atoms with van der Waals surface area (Å²) in [5.41, 5.74) is 3.60. The minimum Gasteiger partial charge on any atom is -0.445 e. The molecule has 2 aromatic carbocycles. The molecule has 3 aliphatic heterocycles. The summed E-state index contributed by atoms with van der Waals surface area (Å²) < 4.78 is 5.38. The lowest BCUT2D eigenvalue weighted by Gasteiger charge is -2.31. The highest BCUT2D eigenvalue weighted by atomic mass is 16.5. The summed E-state index contributed by atoms with van der Waals surface area (Å²) >= 11 is 0. The molecule has 2 aromatic rings. The second kappa shape index (κ2) is 11.5. The number of ether oxygens (including phenoxy) is 1. The SMILES string of the molecule is CC1=N[C@H](NC(=O)OCc2ccccc2)C(=O)N(CC(=O)N2CC3CCC(CC3)C2)c2c1cccc2N(C)C. The number of alkyl carbamates (subject to hydrolysis) is 1. The second-order valence-corrected chi connectivity index (χ2v) is 11.0. The Morgan fingerprint density at radius 3 is 2.31 bits per heavy atom. The normalized spacial score (nSPS) is 22.4. The molecule has 0 radical (unpaired) electrons. The zero-order chi connectivity index (χ0) is 27.5. The molecule has 0 aromatic heterocycles. The zero-order valence-electron chi connectivity index (χ0n) is 22.9. The number of hydrogen-bond donors (Lipinski definition) is 1. The first kappa shape index (κ1) is 26.7. The maximum Gasteiger partial charge on any atom is 0.409 e. The van der Waals surface area contributed by atoms with Crippen LogP contribution in [-0.2, 0) is 20.9 Å². The lowest BCUT2D eigenvalue weighted by molar-refractivity contribution is -0.132. The van der Waals surface area contributed by atoms with Crippen LogP contribution in [0, 0.1) is 11.8 Å². The number of anilines is 2. The highest BCUT2D eigenvalue weighted by Crippen LogP contribution is 2.37. The lowest BCUT2D eigenvalue weighted by Crippen LogP contribution is -2.51. The van der Waals surface area contributed by atoms with E-state index in [1.54, 1.807) is 0 Å². The average Bonchev–Trinajstić information content (AvgIpc) is 3.32. The molecule has 2 saturated heterocycles. The summed E-state index contributed by atoms with van der Waals surface area (Å²) in [5, 5.41) is 2.63. The first-order valence-electron chi connectivity index (χ1n) is 13.7. The van der Waals surface area contributed by atoms with Gasteiger partial charge in [-0.15, -0.1) is 0 Å². The molecular formula is C30H37N5O4. The van der Waals surface area contributed by atoms with Crippen LogP contribution in [0.4, 0.5) is 16.2 Å². The van der Waals surface area contributed by atoms with Crippen molar-refractivity contribution in [1.29, 1.82) is 0 Å². The molecule has 39 heavy (non-hydrogen) atoms. The second-order valence-electron chi connectivity index (χ2n) is 11.0. The molecule has 1 aliphatic carbocycles. The molecule has 4 aliphatic rings. The van der Waals surface area contributed by atoms with E-state index in [1.165, 1.54) is 4.90 Å². The van der Waals surface area contributed by atoms with Gasteiger partial charge in [0.25, 0.3) is 5.91 Å². The van der Waals surface area contributed by atoms with Gasteiger partial charge in [-0.25, -0.2) is 4.79 Å². The van der Waals surface area contributed by atoms with E-state index in [0.717, 1.165) is 55.6 Å². The van der Waals surface area contributed by atoms with Gasteiger partial charge in [-0.2, -0.15) is 0 Å². The number of fused-ring (bicyclic) bond motifs is 5. The monoisotopic (exact) mass is 531 g/mol. The summed E-state index contributed by atoms with van der Waals surface area (Å²) in [6.45, 7) is 3.25. The third kappa shape index (κ3) is 5.92. The lowest BCUT2D eigenvalue weighted by atomic mass is 9.84. The molecule has 9 heteroatoms. The van der Waals surface area contributed by atoms with Crippen molar-refractivity contribution in [2.45, 2.75) is 45.4 Å². The summed E-state index contributed by atoms with van der Waals surface area (Å²) in [5.74, 6) is 0.505. The number of aliphatic imine (C=N–C) groups is 1. The number of nitrogens with one attached hydrogen (secondary N) is 1. The highest BCUT2D eigenvalue weighted by Gasteiger charge is 2.37. The van der Waals surface area contributed by atoms with Gasteiger partial charge in [0, 0.05) is 38.5 Å². The predicted molar refractivity (Wildman–Crippen MR) is 151 cm³/mol. The Hall–Kier alpha value is -3.88. The third-order valence-corrected chi connectivity index (χ3v) is 8.02. The Labute approximate surface area is 229 Å². The molecule has 9 nitrogen and oxygen atoms in total. The fraction of sp³-hybridized carbons (Fsp3) is 0.467. The van der Waals surface area contributed by atoms with Crippen molar-refractivity contribution in [2.24, 2.45) is 16.8 Å². The first-order chi connectivity index (χ1) is 18.8. The largest absolute Gasteiger partial charge is 0.445 e. The summed E-state index contributed by atoms with van der Waals surface area (Å²) in [7, 11) is 3.81. The smallest absolute Gasteiger partial charge is 0.409 e. The van der Waals surface area contributed by atoms with Crippen molar-refractivity contribution < 1.29 is 19.1 Å². The van der Waals surface area contributed by atoms with E-state index >= 15 is 0 Å². The van der Waals surface area contributed by atoms with Gasteiger partial charge in [-0.3, -0.25) is 24.8 Å². The molecule has 0 unspecified atom stereocenters. The van der Waals surface area contributed by atoms with Crippen LogP contribution in [0.15, 0.2) is 53.5 Å². The van der Waals surface area contributed by atoms with Crippen molar-refractivity contribution >= 4 is 35.0 Å². The maximum absolute atomic E-state index is 14.0. The highest BCUT2D eigenvalue weighted by molar-refractivity contribution is 6.16. The van der Waals surface area contributed by atoms with Crippen LogP contribution in [0.3, 0.4) is 0 Å². The fourth-order valence-corrected chi connectivity index (χ4v) is 5.90. The summed E-state index contributed by atoms with van der Waals surface area (Å²) in [4.78, 5) is 50.4. The molecule has 2 bridgehead atoms. The molecule has 6 rings (SSSR count). The van der Waals surface area contributed by atoms with Gasteiger partial charge in [0.05, 0.1) is 11.4 Å². The van der Waals surface area contributed by atoms with E-state index in [9.17, 15) is 14.4 Å². The number of rotatable bonds is 6. The minimum absolute atomic E-state index is 0.0702. The van der Waals surface area contributed by atoms with Gasteiger partial charge < -0.3 is 14.5 Å². The fourth-order valence-electron chi connectivity index (χ4n) is 5.90. The molecule has 3 heterocycles. The van der Waals surface area contributed by atoms with E-state index in [1.807, 2.05) is 79.3 Å². The van der Waals surface area contributed by atoms with E-state index in [0.29, 0.717) is 23.2 Å². The Kier molecular flexibility index (Phi) is 7.86. The summed E-state index contributed by atoms with van der Waals surface area (Å²) in [6, 6.07) is 15.1. The number of para-hydroxylation sites is 1. The average molecular weight is 532 g/mol. The van der Waals surface area contributed by atoms with Gasteiger partial charge in [-0.1, -0.05) is 42.5 Å². The Bertz CT molecular complexity index is 1240. The van der Waals surface area contributed by atoms with Crippen LogP contribution in [0.25, 0.3) is 0 Å². The van der Waals surface area contributed by atoms with Gasteiger partial charge >= 0.3 is 6.09 Å². The zero-order valence-corrected chi connectivity index (χ0v) is 22.9. The van der Waals surface area contributed by atoms with Gasteiger partial charge in [0.1, 0.15) is 13.2 Å². The first-order valence-corrected chi connectivity index (χ1v) is 13.7. The minimum atomic E-state index is -1.22. The van der Waals surface area contributed by atoms with Crippen LogP contribution in [0.1, 0.15) is 43.7 Å². The van der Waals surface area contributed by atoms with Crippen molar-refractivity contribution in [1.82, 2.24) is 10.2 Å².